The lowest BCUT2D eigenvalue weighted by Gasteiger charge is -2.39. The lowest BCUT2D eigenvalue weighted by atomic mass is 9.70. The van der Waals surface area contributed by atoms with Crippen LogP contribution in [0.2, 0.25) is 0 Å². The SMILES string of the molecule is CC1CC(C)(C)CCC1NC(=O)c1cnc(C(=O)O)cn1. The van der Waals surface area contributed by atoms with Crippen molar-refractivity contribution in [2.45, 2.75) is 46.1 Å². The number of carboxylic acid groups (broad SMARTS) is 1. The van der Waals surface area contributed by atoms with Gasteiger partial charge in [-0.2, -0.15) is 0 Å². The molecule has 21 heavy (non-hydrogen) atoms. The molecule has 1 aromatic rings. The van der Waals surface area contributed by atoms with Gasteiger partial charge in [0.1, 0.15) is 5.69 Å². The van der Waals surface area contributed by atoms with E-state index < -0.39 is 5.97 Å². The summed E-state index contributed by atoms with van der Waals surface area (Å²) < 4.78 is 0. The topological polar surface area (TPSA) is 92.2 Å². The quantitative estimate of drug-likeness (QED) is 0.890. The van der Waals surface area contributed by atoms with Crippen LogP contribution in [0.5, 0.6) is 0 Å². The first-order chi connectivity index (χ1) is 9.78. The monoisotopic (exact) mass is 291 g/mol. The van der Waals surface area contributed by atoms with Crippen molar-refractivity contribution >= 4 is 11.9 Å². The first kappa shape index (κ1) is 15.4. The Hall–Kier alpha value is -1.98. The largest absolute Gasteiger partial charge is 0.476 e. The van der Waals surface area contributed by atoms with Gasteiger partial charge in [0.2, 0.25) is 0 Å². The molecule has 1 aliphatic carbocycles. The molecule has 1 aromatic heterocycles. The number of aromatic nitrogens is 2. The van der Waals surface area contributed by atoms with Crippen molar-refractivity contribution in [2.24, 2.45) is 11.3 Å². The fourth-order valence-corrected chi connectivity index (χ4v) is 2.96. The third-order valence-electron chi connectivity index (χ3n) is 4.11. The van der Waals surface area contributed by atoms with Gasteiger partial charge in [-0.3, -0.25) is 4.79 Å². The minimum Gasteiger partial charge on any atom is -0.476 e. The minimum absolute atomic E-state index is 0.131. The molecule has 2 atom stereocenters. The zero-order valence-corrected chi connectivity index (χ0v) is 12.6. The Bertz CT molecular complexity index is 540. The Labute approximate surface area is 124 Å². The Balaban J connectivity index is 2.00. The van der Waals surface area contributed by atoms with Gasteiger partial charge in [0.25, 0.3) is 5.91 Å². The van der Waals surface area contributed by atoms with Crippen LogP contribution in [-0.4, -0.2) is 33.0 Å². The standard InChI is InChI=1S/C15H21N3O3/c1-9-6-15(2,3)5-4-10(9)18-13(19)11-7-17-12(8-16-11)14(20)21/h7-10H,4-6H2,1-3H3,(H,18,19)(H,20,21). The van der Waals surface area contributed by atoms with E-state index in [0.717, 1.165) is 25.5 Å². The van der Waals surface area contributed by atoms with Crippen LogP contribution in [-0.2, 0) is 0 Å². The smallest absolute Gasteiger partial charge is 0.356 e. The van der Waals surface area contributed by atoms with Gasteiger partial charge >= 0.3 is 5.97 Å². The summed E-state index contributed by atoms with van der Waals surface area (Å²) in [6, 6.07) is 0.131. The maximum absolute atomic E-state index is 12.1. The number of carbonyl (C=O) groups excluding carboxylic acids is 1. The third-order valence-corrected chi connectivity index (χ3v) is 4.11. The molecule has 0 spiro atoms. The highest BCUT2D eigenvalue weighted by molar-refractivity contribution is 5.92. The summed E-state index contributed by atoms with van der Waals surface area (Å²) in [6.45, 7) is 6.64. The van der Waals surface area contributed by atoms with Crippen molar-refractivity contribution in [1.82, 2.24) is 15.3 Å². The fraction of sp³-hybridized carbons (Fsp3) is 0.600. The van der Waals surface area contributed by atoms with E-state index in [-0.39, 0.29) is 23.3 Å². The number of carbonyl (C=O) groups is 2. The predicted molar refractivity (Wildman–Crippen MR) is 77.0 cm³/mol. The van der Waals surface area contributed by atoms with Crippen LogP contribution in [0.15, 0.2) is 12.4 Å². The zero-order chi connectivity index (χ0) is 15.6. The highest BCUT2D eigenvalue weighted by Crippen LogP contribution is 2.38. The van der Waals surface area contributed by atoms with E-state index in [9.17, 15) is 9.59 Å². The van der Waals surface area contributed by atoms with E-state index >= 15 is 0 Å². The van der Waals surface area contributed by atoms with E-state index in [1.54, 1.807) is 0 Å². The molecule has 0 radical (unpaired) electrons. The summed E-state index contributed by atoms with van der Waals surface area (Å²) in [7, 11) is 0. The summed E-state index contributed by atoms with van der Waals surface area (Å²) in [5.41, 5.74) is 0.306. The van der Waals surface area contributed by atoms with Crippen LogP contribution < -0.4 is 5.32 Å². The van der Waals surface area contributed by atoms with Crippen molar-refractivity contribution in [3.63, 3.8) is 0 Å². The minimum atomic E-state index is -1.16. The second-order valence-electron chi connectivity index (χ2n) is 6.56. The molecule has 0 bridgehead atoms. The first-order valence-electron chi connectivity index (χ1n) is 7.15. The Morgan fingerprint density at radius 1 is 1.29 bits per heavy atom. The molecular formula is C15H21N3O3. The van der Waals surface area contributed by atoms with Gasteiger partial charge in [-0.1, -0.05) is 20.8 Å². The fourth-order valence-electron chi connectivity index (χ4n) is 2.96. The lowest BCUT2D eigenvalue weighted by Crippen LogP contribution is -2.44. The third kappa shape index (κ3) is 3.77. The number of nitrogens with one attached hydrogen (secondary N) is 1. The van der Waals surface area contributed by atoms with Crippen LogP contribution >= 0.6 is 0 Å². The molecule has 2 unspecified atom stereocenters. The number of hydrogen-bond acceptors (Lipinski definition) is 4. The van der Waals surface area contributed by atoms with Crippen molar-refractivity contribution in [3.05, 3.63) is 23.8 Å². The van der Waals surface area contributed by atoms with Crippen molar-refractivity contribution in [1.29, 1.82) is 0 Å². The first-order valence-corrected chi connectivity index (χ1v) is 7.15. The molecule has 6 heteroatoms. The van der Waals surface area contributed by atoms with E-state index in [1.165, 1.54) is 6.20 Å². The summed E-state index contributed by atoms with van der Waals surface area (Å²) >= 11 is 0. The van der Waals surface area contributed by atoms with Gasteiger partial charge in [0, 0.05) is 6.04 Å². The number of aromatic carboxylic acids is 1. The summed E-state index contributed by atoms with van der Waals surface area (Å²) in [6.07, 6.45) is 5.40. The van der Waals surface area contributed by atoms with Crippen LogP contribution in [0, 0.1) is 11.3 Å². The molecule has 1 aliphatic rings. The van der Waals surface area contributed by atoms with Crippen molar-refractivity contribution in [2.75, 3.05) is 0 Å². The number of carboxylic acids is 1. The van der Waals surface area contributed by atoms with Gasteiger partial charge in [0.05, 0.1) is 12.4 Å². The maximum atomic E-state index is 12.1. The second-order valence-corrected chi connectivity index (χ2v) is 6.56. The summed E-state index contributed by atoms with van der Waals surface area (Å²) in [4.78, 5) is 30.4. The predicted octanol–water partition coefficient (Wildman–Crippen LogP) is 2.12. The zero-order valence-electron chi connectivity index (χ0n) is 12.6. The molecule has 0 aliphatic heterocycles. The number of rotatable bonds is 3. The molecular weight excluding hydrogens is 270 g/mol. The van der Waals surface area contributed by atoms with Gasteiger partial charge < -0.3 is 10.4 Å². The molecule has 2 rings (SSSR count). The van der Waals surface area contributed by atoms with Gasteiger partial charge in [-0.25, -0.2) is 14.8 Å². The Kier molecular flexibility index (Phi) is 4.25. The average molecular weight is 291 g/mol. The maximum Gasteiger partial charge on any atom is 0.356 e. The molecule has 1 fully saturated rings. The van der Waals surface area contributed by atoms with Crippen molar-refractivity contribution < 1.29 is 14.7 Å². The van der Waals surface area contributed by atoms with Gasteiger partial charge in [-0.05, 0) is 30.6 Å². The Morgan fingerprint density at radius 2 is 1.90 bits per heavy atom. The van der Waals surface area contributed by atoms with Crippen LogP contribution in [0.1, 0.15) is 61.0 Å². The van der Waals surface area contributed by atoms with E-state index in [0.29, 0.717) is 11.3 Å². The lowest BCUT2D eigenvalue weighted by molar-refractivity contribution is 0.0688. The molecule has 6 nitrogen and oxygen atoms in total. The molecule has 2 N–H and O–H groups in total. The summed E-state index contributed by atoms with van der Waals surface area (Å²) in [5, 5.41) is 11.7. The second kappa shape index (κ2) is 5.79. The van der Waals surface area contributed by atoms with E-state index in [4.69, 9.17) is 5.11 Å². The van der Waals surface area contributed by atoms with E-state index in [1.807, 2.05) is 0 Å². The van der Waals surface area contributed by atoms with Crippen LogP contribution in [0.25, 0.3) is 0 Å². The molecule has 1 saturated carbocycles. The molecule has 114 valence electrons. The number of nitrogens with zero attached hydrogens (tertiary/aromatic N) is 2. The highest BCUT2D eigenvalue weighted by Gasteiger charge is 2.33. The number of amides is 1. The molecule has 1 amide bonds. The average Bonchev–Trinajstić information content (AvgIpc) is 2.41. The molecule has 0 saturated heterocycles. The van der Waals surface area contributed by atoms with Gasteiger partial charge in [0.15, 0.2) is 5.69 Å². The van der Waals surface area contributed by atoms with Crippen LogP contribution in [0.4, 0.5) is 0 Å². The molecule has 1 heterocycles. The summed E-state index contributed by atoms with van der Waals surface area (Å²) in [5.74, 6) is -1.04. The Morgan fingerprint density at radius 3 is 2.43 bits per heavy atom. The van der Waals surface area contributed by atoms with E-state index in [2.05, 4.69) is 36.1 Å². The van der Waals surface area contributed by atoms with Gasteiger partial charge in [-0.15, -0.1) is 0 Å². The number of hydrogen-bond donors (Lipinski definition) is 2. The van der Waals surface area contributed by atoms with Crippen LogP contribution in [0.3, 0.4) is 0 Å². The normalized spacial score (nSPS) is 24.3. The molecule has 0 aromatic carbocycles. The van der Waals surface area contributed by atoms with Crippen molar-refractivity contribution in [3.8, 4) is 0 Å². The highest BCUT2D eigenvalue weighted by atomic mass is 16.4.